The molecule has 0 aromatic heterocycles. The minimum absolute atomic E-state index is 0.103. The van der Waals surface area contributed by atoms with Crippen molar-refractivity contribution in [1.82, 2.24) is 0 Å². The van der Waals surface area contributed by atoms with Gasteiger partial charge in [0.1, 0.15) is 19.3 Å². The number of aliphatic hydroxyl groups excluding tert-OH is 1. The average Bonchev–Trinajstić information content (AvgIpc) is 2.43. The number of esters is 4. The normalized spacial score (nSPS) is 14.4. The second kappa shape index (κ2) is 65.7. The Kier molecular flexibility index (Phi) is 64.3. The Morgan fingerprint density at radius 2 is 0.543 bits per heavy atom. The van der Waals surface area contributed by atoms with Crippen LogP contribution in [0.25, 0.3) is 0 Å². The van der Waals surface area contributed by atoms with Crippen LogP contribution < -0.4 is 0 Å². The molecule has 0 amide bonds. The van der Waals surface area contributed by atoms with Crippen molar-refractivity contribution >= 4 is 39.5 Å². The number of ether oxygens (including phenoxy) is 4. The van der Waals surface area contributed by atoms with Gasteiger partial charge in [0.15, 0.2) is 12.2 Å². The fraction of sp³-hybridized carbons (Fsp3) is 0.947. The summed E-state index contributed by atoms with van der Waals surface area (Å²) in [5.41, 5.74) is 0. The average molecular weight is 1380 g/mol. The van der Waals surface area contributed by atoms with Crippen molar-refractivity contribution in [3.05, 3.63) is 0 Å². The number of phosphoric ester groups is 2. The highest BCUT2D eigenvalue weighted by atomic mass is 31.2. The number of phosphoric acid groups is 2. The molecule has 0 aliphatic heterocycles. The van der Waals surface area contributed by atoms with Gasteiger partial charge in [-0.2, -0.15) is 0 Å². The first kappa shape index (κ1) is 92.1. The molecule has 0 aliphatic rings. The highest BCUT2D eigenvalue weighted by Crippen LogP contribution is 2.45. The van der Waals surface area contributed by atoms with Crippen molar-refractivity contribution in [2.24, 2.45) is 17.8 Å². The number of hydrogen-bond donors (Lipinski definition) is 3. The van der Waals surface area contributed by atoms with E-state index in [1.165, 1.54) is 186 Å². The van der Waals surface area contributed by atoms with Gasteiger partial charge in [-0.1, -0.05) is 331 Å². The fourth-order valence-corrected chi connectivity index (χ4v) is 13.0. The van der Waals surface area contributed by atoms with Crippen molar-refractivity contribution < 1.29 is 80.2 Å². The molecule has 0 fully saturated rings. The fourth-order valence-electron chi connectivity index (χ4n) is 11.4. The molecular weight excluding hydrogens is 1230 g/mol. The number of unbranched alkanes of at least 4 members (excludes halogenated alkanes) is 40. The Bertz CT molecular complexity index is 1840. The van der Waals surface area contributed by atoms with Gasteiger partial charge < -0.3 is 33.8 Å². The van der Waals surface area contributed by atoms with E-state index in [1.807, 2.05) is 0 Å². The van der Waals surface area contributed by atoms with Crippen molar-refractivity contribution in [3.63, 3.8) is 0 Å². The highest BCUT2D eigenvalue weighted by molar-refractivity contribution is 7.47. The summed E-state index contributed by atoms with van der Waals surface area (Å²) in [6.07, 6.45) is 51.5. The van der Waals surface area contributed by atoms with Gasteiger partial charge in [-0.25, -0.2) is 9.13 Å². The largest absolute Gasteiger partial charge is 0.472 e. The van der Waals surface area contributed by atoms with E-state index in [2.05, 4.69) is 48.5 Å². The molecule has 0 saturated heterocycles. The molecule has 0 saturated carbocycles. The maximum absolute atomic E-state index is 13.1. The van der Waals surface area contributed by atoms with Gasteiger partial charge in [0, 0.05) is 25.7 Å². The maximum Gasteiger partial charge on any atom is 0.472 e. The second-order valence-electron chi connectivity index (χ2n) is 28.2. The van der Waals surface area contributed by atoms with E-state index in [1.54, 1.807) is 0 Å². The lowest BCUT2D eigenvalue weighted by Gasteiger charge is -2.21. The summed E-state index contributed by atoms with van der Waals surface area (Å²) < 4.78 is 68.4. The summed E-state index contributed by atoms with van der Waals surface area (Å²) in [5.74, 6) is 0.125. The molecule has 0 rings (SSSR count). The van der Waals surface area contributed by atoms with Crippen LogP contribution in [0.2, 0.25) is 0 Å². The van der Waals surface area contributed by atoms with E-state index in [-0.39, 0.29) is 25.7 Å². The van der Waals surface area contributed by atoms with Crippen LogP contribution in [0.15, 0.2) is 0 Å². The Morgan fingerprint density at radius 3 is 0.809 bits per heavy atom. The lowest BCUT2D eigenvalue weighted by Crippen LogP contribution is -2.30. The van der Waals surface area contributed by atoms with E-state index < -0.39 is 97.5 Å². The third-order valence-corrected chi connectivity index (χ3v) is 19.6. The number of carbonyl (C=O) groups excluding carboxylic acids is 4. The Labute approximate surface area is 575 Å². The lowest BCUT2D eigenvalue weighted by molar-refractivity contribution is -0.161. The first-order chi connectivity index (χ1) is 45.3. The van der Waals surface area contributed by atoms with Crippen LogP contribution in [0, 0.1) is 17.8 Å². The molecule has 6 atom stereocenters. The molecule has 0 heterocycles. The van der Waals surface area contributed by atoms with Crippen molar-refractivity contribution in [2.45, 2.75) is 401 Å². The van der Waals surface area contributed by atoms with E-state index in [4.69, 9.17) is 37.0 Å². The van der Waals surface area contributed by atoms with Crippen LogP contribution >= 0.6 is 15.6 Å². The molecule has 3 N–H and O–H groups in total. The quantitative estimate of drug-likeness (QED) is 0.0222. The molecule has 0 bridgehead atoms. The van der Waals surface area contributed by atoms with Gasteiger partial charge in [0.05, 0.1) is 26.4 Å². The number of aliphatic hydroxyl groups is 1. The van der Waals surface area contributed by atoms with Gasteiger partial charge in [0.2, 0.25) is 0 Å². The number of hydrogen-bond acceptors (Lipinski definition) is 15. The van der Waals surface area contributed by atoms with Crippen LogP contribution in [0.3, 0.4) is 0 Å². The summed E-state index contributed by atoms with van der Waals surface area (Å²) >= 11 is 0. The maximum atomic E-state index is 13.1. The van der Waals surface area contributed by atoms with Gasteiger partial charge >= 0.3 is 39.5 Å². The predicted octanol–water partition coefficient (Wildman–Crippen LogP) is 21.8. The van der Waals surface area contributed by atoms with E-state index in [0.29, 0.717) is 37.5 Å². The van der Waals surface area contributed by atoms with Crippen molar-refractivity contribution in [1.29, 1.82) is 0 Å². The van der Waals surface area contributed by atoms with Gasteiger partial charge in [-0.15, -0.1) is 0 Å². The summed E-state index contributed by atoms with van der Waals surface area (Å²) in [7, 11) is -9.91. The first-order valence-electron chi connectivity index (χ1n) is 38.9. The first-order valence-corrected chi connectivity index (χ1v) is 41.9. The molecule has 19 heteroatoms. The Morgan fingerprint density at radius 1 is 0.309 bits per heavy atom. The summed E-state index contributed by atoms with van der Waals surface area (Å²) in [6.45, 7) is 11.8. The minimum atomic E-state index is -4.96. The molecule has 94 heavy (non-hydrogen) atoms. The van der Waals surface area contributed by atoms with Crippen molar-refractivity contribution in [3.8, 4) is 0 Å². The topological polar surface area (TPSA) is 237 Å². The number of carbonyl (C=O) groups is 4. The highest BCUT2D eigenvalue weighted by Gasteiger charge is 2.30. The molecule has 17 nitrogen and oxygen atoms in total. The minimum Gasteiger partial charge on any atom is -0.462 e. The second-order valence-corrected chi connectivity index (χ2v) is 31.1. The lowest BCUT2D eigenvalue weighted by atomic mass is 9.99. The Hall–Kier alpha value is -1.94. The molecular formula is C75H146O17P2. The molecule has 3 unspecified atom stereocenters. The smallest absolute Gasteiger partial charge is 0.462 e. The standard InChI is InChI=1S/C75H146O17P2/c1-8-10-11-12-13-14-15-16-17-18-22-25-28-35-42-49-56-72(77)85-62-70(91-74(79)58-51-44-36-29-26-23-20-19-21-24-27-34-41-48-55-68(7)9-2)64-89-93(81,82)87-60-69(76)61-88-94(83,84)90-65-71(92-75(80)59-52-45-38-31-33-40-47-54-67(5)6)63-86-73(78)57-50-43-37-30-32-39-46-53-66(3)4/h66-71,76H,8-65H2,1-7H3,(H,81,82)(H,83,84)/t68?,69-,70-,71-/m1/s1. The Balaban J connectivity index is 5.23. The van der Waals surface area contributed by atoms with Crippen LogP contribution in [-0.4, -0.2) is 96.7 Å². The molecule has 558 valence electrons. The van der Waals surface area contributed by atoms with E-state index in [9.17, 15) is 43.2 Å². The summed E-state index contributed by atoms with van der Waals surface area (Å²) in [4.78, 5) is 72.7. The third kappa shape index (κ3) is 67.3. The zero-order valence-corrected chi connectivity index (χ0v) is 63.2. The van der Waals surface area contributed by atoms with Crippen LogP contribution in [0.5, 0.6) is 0 Å². The number of rotatable bonds is 73. The molecule has 0 radical (unpaired) electrons. The SMILES string of the molecule is CCCCCCCCCCCCCCCCCCC(=O)OC[C@H](COP(=O)(O)OC[C@@H](O)COP(=O)(O)OC[C@@H](COC(=O)CCCCCCCCCC(C)C)OC(=O)CCCCCCCCCC(C)C)OC(=O)CCCCCCCCCCCCCCCCC(C)CC. The predicted molar refractivity (Wildman–Crippen MR) is 381 cm³/mol. The third-order valence-electron chi connectivity index (χ3n) is 17.7. The van der Waals surface area contributed by atoms with Crippen LogP contribution in [0.1, 0.15) is 382 Å². The van der Waals surface area contributed by atoms with Gasteiger partial charge in [0.25, 0.3) is 0 Å². The summed E-state index contributed by atoms with van der Waals surface area (Å²) in [6, 6.07) is 0. The zero-order valence-electron chi connectivity index (χ0n) is 61.4. The molecule has 0 spiro atoms. The van der Waals surface area contributed by atoms with Gasteiger partial charge in [-0.3, -0.25) is 37.3 Å². The van der Waals surface area contributed by atoms with Crippen LogP contribution in [-0.2, 0) is 65.4 Å². The van der Waals surface area contributed by atoms with Crippen LogP contribution in [0.4, 0.5) is 0 Å². The van der Waals surface area contributed by atoms with Crippen molar-refractivity contribution in [2.75, 3.05) is 39.6 Å². The molecule has 0 aliphatic carbocycles. The zero-order chi connectivity index (χ0) is 69.4. The molecule has 0 aromatic carbocycles. The molecule has 0 aromatic rings. The van der Waals surface area contributed by atoms with E-state index >= 15 is 0 Å². The summed E-state index contributed by atoms with van der Waals surface area (Å²) in [5, 5.41) is 10.6. The monoisotopic (exact) mass is 1380 g/mol. The van der Waals surface area contributed by atoms with E-state index in [0.717, 1.165) is 102 Å². The van der Waals surface area contributed by atoms with Gasteiger partial charge in [-0.05, 0) is 43.4 Å².